The van der Waals surface area contributed by atoms with Crippen molar-refractivity contribution in [2.24, 2.45) is 11.7 Å². The lowest BCUT2D eigenvalue weighted by atomic mass is 9.98. The van der Waals surface area contributed by atoms with Gasteiger partial charge < -0.3 is 15.4 Å². The van der Waals surface area contributed by atoms with Crippen molar-refractivity contribution in [3.8, 4) is 0 Å². The summed E-state index contributed by atoms with van der Waals surface area (Å²) in [7, 11) is 2.19. The molecule has 3 heteroatoms. The van der Waals surface area contributed by atoms with Crippen molar-refractivity contribution < 1.29 is 4.74 Å². The van der Waals surface area contributed by atoms with Crippen LogP contribution in [0.15, 0.2) is 18.2 Å². The second kappa shape index (κ2) is 7.09. The second-order valence-electron chi connectivity index (χ2n) is 6.23. The minimum absolute atomic E-state index is 0.222. The van der Waals surface area contributed by atoms with Crippen LogP contribution in [0.4, 0.5) is 5.69 Å². The Kier molecular flexibility index (Phi) is 5.44. The molecule has 112 valence electrons. The fourth-order valence-corrected chi connectivity index (χ4v) is 2.92. The number of benzene rings is 1. The van der Waals surface area contributed by atoms with E-state index in [4.69, 9.17) is 10.5 Å². The lowest BCUT2D eigenvalue weighted by Crippen LogP contribution is -2.29. The molecule has 2 N–H and O–H groups in total. The largest absolute Gasteiger partial charge is 0.381 e. The average Bonchev–Trinajstić information content (AvgIpc) is 2.41. The molecule has 2 rings (SSSR count). The molecule has 0 saturated carbocycles. The van der Waals surface area contributed by atoms with E-state index in [-0.39, 0.29) is 6.04 Å². The van der Waals surface area contributed by atoms with Gasteiger partial charge in [0.2, 0.25) is 0 Å². The maximum Gasteiger partial charge on any atom is 0.0469 e. The van der Waals surface area contributed by atoms with Gasteiger partial charge in [-0.1, -0.05) is 6.07 Å². The first-order chi connectivity index (χ1) is 9.56. The molecule has 1 aromatic rings. The van der Waals surface area contributed by atoms with Gasteiger partial charge in [-0.05, 0) is 62.3 Å². The van der Waals surface area contributed by atoms with Crippen LogP contribution in [-0.4, -0.2) is 32.8 Å². The summed E-state index contributed by atoms with van der Waals surface area (Å²) in [6.45, 7) is 7.21. The molecule has 20 heavy (non-hydrogen) atoms. The molecule has 1 aliphatic rings. The molecule has 0 spiro atoms. The number of nitrogens with zero attached hydrogens (tertiary/aromatic N) is 1. The third-order valence-electron chi connectivity index (χ3n) is 4.18. The highest BCUT2D eigenvalue weighted by Crippen LogP contribution is 2.22. The van der Waals surface area contributed by atoms with E-state index >= 15 is 0 Å². The molecule has 1 saturated heterocycles. The lowest BCUT2D eigenvalue weighted by molar-refractivity contribution is 0.0685. The molecular formula is C17H28N2O. The summed E-state index contributed by atoms with van der Waals surface area (Å²) in [5, 5.41) is 0. The number of hydrogen-bond acceptors (Lipinski definition) is 3. The number of anilines is 1. The monoisotopic (exact) mass is 276 g/mol. The van der Waals surface area contributed by atoms with E-state index in [1.165, 1.54) is 29.7 Å². The van der Waals surface area contributed by atoms with Gasteiger partial charge in [0.05, 0.1) is 0 Å². The first-order valence-corrected chi connectivity index (χ1v) is 7.70. The Hall–Kier alpha value is -1.06. The molecule has 0 aromatic heterocycles. The Balaban J connectivity index is 1.98. The first kappa shape index (κ1) is 15.3. The molecule has 1 fully saturated rings. The van der Waals surface area contributed by atoms with Crippen molar-refractivity contribution in [3.63, 3.8) is 0 Å². The Morgan fingerprint density at radius 1 is 1.35 bits per heavy atom. The van der Waals surface area contributed by atoms with Crippen molar-refractivity contribution >= 4 is 5.69 Å². The number of ether oxygens (including phenoxy) is 1. The smallest absolute Gasteiger partial charge is 0.0469 e. The van der Waals surface area contributed by atoms with E-state index in [2.05, 4.69) is 44.0 Å². The zero-order chi connectivity index (χ0) is 14.5. The molecule has 1 atom stereocenters. The van der Waals surface area contributed by atoms with E-state index in [1.54, 1.807) is 0 Å². The van der Waals surface area contributed by atoms with Crippen LogP contribution in [0.3, 0.4) is 0 Å². The van der Waals surface area contributed by atoms with Gasteiger partial charge in [0.1, 0.15) is 0 Å². The van der Waals surface area contributed by atoms with Crippen molar-refractivity contribution in [1.29, 1.82) is 0 Å². The number of nitrogens with two attached hydrogens (primary N) is 1. The first-order valence-electron chi connectivity index (χ1n) is 7.70. The SMILES string of the molecule is Cc1cc(N(C)CC2CCOCC2)ccc1CC(C)N. The Bertz CT molecular complexity index is 425. The highest BCUT2D eigenvalue weighted by molar-refractivity contribution is 5.50. The average molecular weight is 276 g/mol. The Morgan fingerprint density at radius 2 is 2.05 bits per heavy atom. The van der Waals surface area contributed by atoms with Crippen molar-refractivity contribution in [2.75, 3.05) is 31.7 Å². The van der Waals surface area contributed by atoms with Crippen molar-refractivity contribution in [2.45, 2.75) is 39.2 Å². The van der Waals surface area contributed by atoms with Crippen LogP contribution in [0.5, 0.6) is 0 Å². The number of rotatable bonds is 5. The Morgan fingerprint density at radius 3 is 2.65 bits per heavy atom. The van der Waals surface area contributed by atoms with Crippen LogP contribution in [-0.2, 0) is 11.2 Å². The van der Waals surface area contributed by atoms with Crippen molar-refractivity contribution in [1.82, 2.24) is 0 Å². The molecule has 0 bridgehead atoms. The van der Waals surface area contributed by atoms with E-state index in [0.717, 1.165) is 32.1 Å². The normalized spacial score (nSPS) is 18.0. The summed E-state index contributed by atoms with van der Waals surface area (Å²) in [5.41, 5.74) is 9.91. The third kappa shape index (κ3) is 4.22. The predicted molar refractivity (Wildman–Crippen MR) is 85.3 cm³/mol. The highest BCUT2D eigenvalue weighted by atomic mass is 16.5. The summed E-state index contributed by atoms with van der Waals surface area (Å²) in [6.07, 6.45) is 3.33. The Labute approximate surface area is 123 Å². The minimum atomic E-state index is 0.222. The van der Waals surface area contributed by atoms with E-state index < -0.39 is 0 Å². The molecular weight excluding hydrogens is 248 g/mol. The predicted octanol–water partition coefficient (Wildman–Crippen LogP) is 2.75. The molecule has 1 aromatic carbocycles. The van der Waals surface area contributed by atoms with Crippen LogP contribution < -0.4 is 10.6 Å². The molecule has 1 aliphatic heterocycles. The molecule has 0 aliphatic carbocycles. The molecule has 0 radical (unpaired) electrons. The van der Waals surface area contributed by atoms with Gasteiger partial charge in [0.25, 0.3) is 0 Å². The standard InChI is InChI=1S/C17H28N2O/c1-13-10-17(5-4-16(13)11-14(2)18)19(3)12-15-6-8-20-9-7-15/h4-5,10,14-15H,6-9,11-12,18H2,1-3H3. The van der Waals surface area contributed by atoms with Gasteiger partial charge >= 0.3 is 0 Å². The van der Waals surface area contributed by atoms with E-state index in [0.29, 0.717) is 0 Å². The molecule has 1 heterocycles. The van der Waals surface area contributed by atoms with Gasteiger partial charge in [-0.3, -0.25) is 0 Å². The van der Waals surface area contributed by atoms with Gasteiger partial charge in [-0.25, -0.2) is 0 Å². The lowest BCUT2D eigenvalue weighted by Gasteiger charge is -2.29. The van der Waals surface area contributed by atoms with Crippen LogP contribution in [0.1, 0.15) is 30.9 Å². The summed E-state index contributed by atoms with van der Waals surface area (Å²) < 4.78 is 5.43. The fraction of sp³-hybridized carbons (Fsp3) is 0.647. The molecule has 1 unspecified atom stereocenters. The minimum Gasteiger partial charge on any atom is -0.381 e. The number of hydrogen-bond donors (Lipinski definition) is 1. The van der Waals surface area contributed by atoms with Gasteiger partial charge in [-0.2, -0.15) is 0 Å². The summed E-state index contributed by atoms with van der Waals surface area (Å²) in [6, 6.07) is 6.97. The maximum atomic E-state index is 5.89. The zero-order valence-electron chi connectivity index (χ0n) is 13.1. The summed E-state index contributed by atoms with van der Waals surface area (Å²) in [5.74, 6) is 0.762. The van der Waals surface area contributed by atoms with E-state index in [1.807, 2.05) is 0 Å². The molecule has 3 nitrogen and oxygen atoms in total. The van der Waals surface area contributed by atoms with Crippen LogP contribution in [0, 0.1) is 12.8 Å². The molecule has 0 amide bonds. The van der Waals surface area contributed by atoms with E-state index in [9.17, 15) is 0 Å². The summed E-state index contributed by atoms with van der Waals surface area (Å²) >= 11 is 0. The quantitative estimate of drug-likeness (QED) is 0.898. The third-order valence-corrected chi connectivity index (χ3v) is 4.18. The number of aryl methyl sites for hydroxylation is 1. The van der Waals surface area contributed by atoms with Crippen LogP contribution in [0.2, 0.25) is 0 Å². The summed E-state index contributed by atoms with van der Waals surface area (Å²) in [4.78, 5) is 2.37. The topological polar surface area (TPSA) is 38.5 Å². The van der Waals surface area contributed by atoms with Crippen LogP contribution >= 0.6 is 0 Å². The fourth-order valence-electron chi connectivity index (χ4n) is 2.92. The van der Waals surface area contributed by atoms with Gasteiger partial charge in [-0.15, -0.1) is 0 Å². The van der Waals surface area contributed by atoms with Gasteiger partial charge in [0.15, 0.2) is 0 Å². The second-order valence-corrected chi connectivity index (χ2v) is 6.23. The van der Waals surface area contributed by atoms with Crippen LogP contribution in [0.25, 0.3) is 0 Å². The zero-order valence-corrected chi connectivity index (χ0v) is 13.1. The maximum absolute atomic E-state index is 5.89. The van der Waals surface area contributed by atoms with Crippen molar-refractivity contribution in [3.05, 3.63) is 29.3 Å². The highest BCUT2D eigenvalue weighted by Gasteiger charge is 2.16. The van der Waals surface area contributed by atoms with Gasteiger partial charge in [0, 0.05) is 38.5 Å².